The van der Waals surface area contributed by atoms with Gasteiger partial charge in [-0.25, -0.2) is 4.98 Å². The van der Waals surface area contributed by atoms with E-state index in [1.165, 1.54) is 10.9 Å². The number of nitrogens with one attached hydrogen (secondary N) is 1. The fraction of sp³-hybridized carbons (Fsp3) is 0.167. The molecule has 2 nitrogen and oxygen atoms in total. The molecular formula is C18H18N2. The Balaban J connectivity index is 1.96. The molecule has 2 heteroatoms. The molecule has 0 fully saturated rings. The zero-order chi connectivity index (χ0) is 13.9. The Bertz CT molecular complexity index is 718. The Morgan fingerprint density at radius 3 is 2.40 bits per heavy atom. The van der Waals surface area contributed by atoms with E-state index < -0.39 is 0 Å². The van der Waals surface area contributed by atoms with E-state index in [-0.39, 0.29) is 0 Å². The zero-order valence-corrected chi connectivity index (χ0v) is 11.8. The van der Waals surface area contributed by atoms with Crippen LogP contribution in [-0.4, -0.2) is 4.98 Å². The SMILES string of the molecule is CC(C)c1ccc2ccc(Nc3ccccc3)nc2c1. The predicted molar refractivity (Wildman–Crippen MR) is 85.6 cm³/mol. The summed E-state index contributed by atoms with van der Waals surface area (Å²) in [5, 5.41) is 4.51. The maximum atomic E-state index is 4.70. The molecule has 0 unspecified atom stereocenters. The number of para-hydroxylation sites is 1. The Labute approximate surface area is 119 Å². The summed E-state index contributed by atoms with van der Waals surface area (Å²) in [6.07, 6.45) is 0. The molecular weight excluding hydrogens is 244 g/mol. The molecule has 3 rings (SSSR count). The number of rotatable bonds is 3. The smallest absolute Gasteiger partial charge is 0.131 e. The lowest BCUT2D eigenvalue weighted by Gasteiger charge is -2.09. The lowest BCUT2D eigenvalue weighted by molar-refractivity contribution is 0.868. The van der Waals surface area contributed by atoms with Crippen LogP contribution in [0.3, 0.4) is 0 Å². The van der Waals surface area contributed by atoms with Gasteiger partial charge in [0.1, 0.15) is 5.82 Å². The number of fused-ring (bicyclic) bond motifs is 1. The van der Waals surface area contributed by atoms with Gasteiger partial charge in [0.05, 0.1) is 5.52 Å². The van der Waals surface area contributed by atoms with Crippen LogP contribution in [0.15, 0.2) is 60.7 Å². The third kappa shape index (κ3) is 2.64. The van der Waals surface area contributed by atoms with Crippen molar-refractivity contribution in [2.24, 2.45) is 0 Å². The summed E-state index contributed by atoms with van der Waals surface area (Å²) in [5.74, 6) is 1.40. The van der Waals surface area contributed by atoms with Crippen LogP contribution < -0.4 is 5.32 Å². The minimum absolute atomic E-state index is 0.520. The van der Waals surface area contributed by atoms with Crippen LogP contribution in [0.5, 0.6) is 0 Å². The van der Waals surface area contributed by atoms with E-state index in [2.05, 4.69) is 43.4 Å². The number of anilines is 2. The predicted octanol–water partition coefficient (Wildman–Crippen LogP) is 5.10. The van der Waals surface area contributed by atoms with Crippen molar-refractivity contribution >= 4 is 22.4 Å². The number of pyridine rings is 1. The van der Waals surface area contributed by atoms with Crippen molar-refractivity contribution in [3.05, 3.63) is 66.2 Å². The molecule has 0 aliphatic carbocycles. The normalized spacial score (nSPS) is 10.9. The Morgan fingerprint density at radius 2 is 1.65 bits per heavy atom. The summed E-state index contributed by atoms with van der Waals surface area (Å²) in [6, 6.07) is 20.7. The Kier molecular flexibility index (Phi) is 3.38. The molecule has 2 aromatic carbocycles. The van der Waals surface area contributed by atoms with Gasteiger partial charge in [0.25, 0.3) is 0 Å². The molecule has 0 spiro atoms. The second-order valence-corrected chi connectivity index (χ2v) is 5.29. The van der Waals surface area contributed by atoms with E-state index >= 15 is 0 Å². The number of nitrogens with zero attached hydrogens (tertiary/aromatic N) is 1. The second-order valence-electron chi connectivity index (χ2n) is 5.29. The lowest BCUT2D eigenvalue weighted by Crippen LogP contribution is -1.94. The van der Waals surface area contributed by atoms with Gasteiger partial charge in [0.15, 0.2) is 0 Å². The standard InChI is InChI=1S/C18H18N2/c1-13(2)15-9-8-14-10-11-18(20-17(14)12-15)19-16-6-4-3-5-7-16/h3-13H,1-2H3,(H,19,20). The molecule has 1 aromatic heterocycles. The van der Waals surface area contributed by atoms with Crippen LogP contribution in [0.4, 0.5) is 11.5 Å². The fourth-order valence-corrected chi connectivity index (χ4v) is 2.23. The number of hydrogen-bond donors (Lipinski definition) is 1. The summed E-state index contributed by atoms with van der Waals surface area (Å²) < 4.78 is 0. The van der Waals surface area contributed by atoms with Crippen molar-refractivity contribution in [1.29, 1.82) is 0 Å². The minimum Gasteiger partial charge on any atom is -0.340 e. The topological polar surface area (TPSA) is 24.9 Å². The lowest BCUT2D eigenvalue weighted by atomic mass is 10.0. The molecule has 100 valence electrons. The Morgan fingerprint density at radius 1 is 0.900 bits per heavy atom. The third-order valence-corrected chi connectivity index (χ3v) is 3.43. The van der Waals surface area contributed by atoms with Gasteiger partial charge in [-0.3, -0.25) is 0 Å². The first-order chi connectivity index (χ1) is 9.72. The molecule has 0 saturated carbocycles. The molecule has 0 atom stereocenters. The highest BCUT2D eigenvalue weighted by molar-refractivity contribution is 5.81. The molecule has 0 saturated heterocycles. The van der Waals surface area contributed by atoms with Gasteiger partial charge in [-0.1, -0.05) is 44.2 Å². The van der Waals surface area contributed by atoms with Crippen molar-refractivity contribution in [1.82, 2.24) is 4.98 Å². The largest absolute Gasteiger partial charge is 0.340 e. The van der Waals surface area contributed by atoms with Crippen molar-refractivity contribution in [3.8, 4) is 0 Å². The average Bonchev–Trinajstić information content (AvgIpc) is 2.47. The maximum absolute atomic E-state index is 4.70. The van der Waals surface area contributed by atoms with Crippen molar-refractivity contribution < 1.29 is 0 Å². The van der Waals surface area contributed by atoms with E-state index in [0.717, 1.165) is 17.0 Å². The van der Waals surface area contributed by atoms with E-state index in [1.54, 1.807) is 0 Å². The fourth-order valence-electron chi connectivity index (χ4n) is 2.23. The molecule has 0 radical (unpaired) electrons. The minimum atomic E-state index is 0.520. The first-order valence-electron chi connectivity index (χ1n) is 6.95. The average molecular weight is 262 g/mol. The molecule has 3 aromatic rings. The van der Waals surface area contributed by atoms with Gasteiger partial charge in [-0.2, -0.15) is 0 Å². The van der Waals surface area contributed by atoms with Crippen LogP contribution in [0.1, 0.15) is 25.3 Å². The highest BCUT2D eigenvalue weighted by Gasteiger charge is 2.03. The van der Waals surface area contributed by atoms with Crippen LogP contribution in [0.2, 0.25) is 0 Å². The molecule has 20 heavy (non-hydrogen) atoms. The van der Waals surface area contributed by atoms with Crippen molar-refractivity contribution in [2.75, 3.05) is 5.32 Å². The van der Waals surface area contributed by atoms with Crippen LogP contribution in [0, 0.1) is 0 Å². The quantitative estimate of drug-likeness (QED) is 0.710. The molecule has 1 N–H and O–H groups in total. The van der Waals surface area contributed by atoms with Gasteiger partial charge >= 0.3 is 0 Å². The molecule has 0 bridgehead atoms. The molecule has 1 heterocycles. The summed E-state index contributed by atoms with van der Waals surface area (Å²) in [6.45, 7) is 4.40. The molecule has 0 amide bonds. The van der Waals surface area contributed by atoms with Gasteiger partial charge in [-0.15, -0.1) is 0 Å². The number of benzene rings is 2. The first-order valence-corrected chi connectivity index (χ1v) is 6.95. The van der Waals surface area contributed by atoms with E-state index in [9.17, 15) is 0 Å². The van der Waals surface area contributed by atoms with Gasteiger partial charge < -0.3 is 5.32 Å². The summed E-state index contributed by atoms with van der Waals surface area (Å²) >= 11 is 0. The maximum Gasteiger partial charge on any atom is 0.131 e. The van der Waals surface area contributed by atoms with Crippen LogP contribution >= 0.6 is 0 Å². The van der Waals surface area contributed by atoms with Gasteiger partial charge in [-0.05, 0) is 41.8 Å². The van der Waals surface area contributed by atoms with E-state index in [1.807, 2.05) is 36.4 Å². The van der Waals surface area contributed by atoms with E-state index in [0.29, 0.717) is 5.92 Å². The molecule has 0 aliphatic rings. The number of aromatic nitrogens is 1. The second kappa shape index (κ2) is 5.33. The highest BCUT2D eigenvalue weighted by atomic mass is 15.0. The van der Waals surface area contributed by atoms with E-state index in [4.69, 9.17) is 4.98 Å². The van der Waals surface area contributed by atoms with Gasteiger partial charge in [0, 0.05) is 11.1 Å². The van der Waals surface area contributed by atoms with Gasteiger partial charge in [0.2, 0.25) is 0 Å². The zero-order valence-electron chi connectivity index (χ0n) is 11.8. The van der Waals surface area contributed by atoms with Crippen molar-refractivity contribution in [2.45, 2.75) is 19.8 Å². The summed E-state index contributed by atoms with van der Waals surface area (Å²) in [5.41, 5.74) is 3.42. The number of hydrogen-bond acceptors (Lipinski definition) is 2. The van der Waals surface area contributed by atoms with Crippen LogP contribution in [-0.2, 0) is 0 Å². The Hall–Kier alpha value is -2.35. The van der Waals surface area contributed by atoms with Crippen LogP contribution in [0.25, 0.3) is 10.9 Å². The third-order valence-electron chi connectivity index (χ3n) is 3.43. The summed E-state index contributed by atoms with van der Waals surface area (Å²) in [4.78, 5) is 4.70. The first kappa shape index (κ1) is 12.7. The monoisotopic (exact) mass is 262 g/mol. The highest BCUT2D eigenvalue weighted by Crippen LogP contribution is 2.22. The summed E-state index contributed by atoms with van der Waals surface area (Å²) in [7, 11) is 0. The molecule has 0 aliphatic heterocycles. The van der Waals surface area contributed by atoms with Crippen molar-refractivity contribution in [3.63, 3.8) is 0 Å².